The zero-order chi connectivity index (χ0) is 20.7. The molecule has 0 aromatic carbocycles. The summed E-state index contributed by atoms with van der Waals surface area (Å²) in [5, 5.41) is 6.76. The van der Waals surface area contributed by atoms with Crippen LogP contribution in [0.3, 0.4) is 0 Å². The van der Waals surface area contributed by atoms with Crippen LogP contribution in [0, 0.1) is 5.92 Å². The number of hydrogen-bond donors (Lipinski definition) is 3. The standard InChI is InChI=1S/C18H33N5O4/c1-7-14(24)20-15(11(2)3)16(25)19-12(4)17(26)23-10-8-9-13(21-23)18(27)22(5)6/h11-13,15,21H,7-10H2,1-6H3,(H,19,25)(H,20,24)/t12-,13-,15-/m0/s1. The second kappa shape index (κ2) is 10.2. The summed E-state index contributed by atoms with van der Waals surface area (Å²) < 4.78 is 0. The van der Waals surface area contributed by atoms with Crippen LogP contribution in [0.2, 0.25) is 0 Å². The van der Waals surface area contributed by atoms with E-state index in [0.29, 0.717) is 19.4 Å². The van der Waals surface area contributed by atoms with E-state index >= 15 is 0 Å². The summed E-state index contributed by atoms with van der Waals surface area (Å²) in [6.45, 7) is 7.44. The molecule has 0 unspecified atom stereocenters. The SMILES string of the molecule is CCC(=O)N[C@H](C(=O)N[C@@H](C)C(=O)N1CCC[C@@H](C(=O)N(C)C)N1)C(C)C. The van der Waals surface area contributed by atoms with Crippen LogP contribution in [0.5, 0.6) is 0 Å². The van der Waals surface area contributed by atoms with Gasteiger partial charge in [0.15, 0.2) is 0 Å². The van der Waals surface area contributed by atoms with Crippen molar-refractivity contribution in [3.63, 3.8) is 0 Å². The van der Waals surface area contributed by atoms with Crippen molar-refractivity contribution < 1.29 is 19.2 Å². The third kappa shape index (κ3) is 6.50. The van der Waals surface area contributed by atoms with Crippen LogP contribution < -0.4 is 16.1 Å². The minimum absolute atomic E-state index is 0.0914. The van der Waals surface area contributed by atoms with Gasteiger partial charge in [-0.25, -0.2) is 5.43 Å². The molecule has 1 rings (SSSR count). The quantitative estimate of drug-likeness (QED) is 0.555. The van der Waals surface area contributed by atoms with Gasteiger partial charge < -0.3 is 15.5 Å². The molecule has 154 valence electrons. The number of likely N-dealkylation sites (N-methyl/N-ethyl adjacent to an activating group) is 1. The molecule has 0 aromatic rings. The molecule has 0 aliphatic carbocycles. The van der Waals surface area contributed by atoms with E-state index in [1.165, 1.54) is 9.91 Å². The Kier molecular flexibility index (Phi) is 8.68. The molecule has 3 atom stereocenters. The van der Waals surface area contributed by atoms with E-state index in [-0.39, 0.29) is 30.1 Å². The highest BCUT2D eigenvalue weighted by Gasteiger charge is 2.32. The van der Waals surface area contributed by atoms with Crippen LogP contribution in [0.15, 0.2) is 0 Å². The minimum Gasteiger partial charge on any atom is -0.347 e. The van der Waals surface area contributed by atoms with E-state index in [0.717, 1.165) is 0 Å². The van der Waals surface area contributed by atoms with Crippen molar-refractivity contribution in [1.29, 1.82) is 0 Å². The highest BCUT2D eigenvalue weighted by atomic mass is 16.2. The van der Waals surface area contributed by atoms with Gasteiger partial charge in [0.25, 0.3) is 5.91 Å². The van der Waals surface area contributed by atoms with Crippen molar-refractivity contribution in [2.24, 2.45) is 5.92 Å². The average molecular weight is 383 g/mol. The molecule has 1 heterocycles. The normalized spacial score (nSPS) is 19.2. The van der Waals surface area contributed by atoms with E-state index < -0.39 is 24.0 Å². The van der Waals surface area contributed by atoms with E-state index in [1.54, 1.807) is 27.9 Å². The number of carbonyl (C=O) groups is 4. The van der Waals surface area contributed by atoms with Crippen LogP contribution in [0.1, 0.15) is 47.0 Å². The molecule has 3 N–H and O–H groups in total. The molecule has 9 heteroatoms. The van der Waals surface area contributed by atoms with Crippen LogP contribution in [0.4, 0.5) is 0 Å². The van der Waals surface area contributed by atoms with E-state index in [9.17, 15) is 19.2 Å². The summed E-state index contributed by atoms with van der Waals surface area (Å²) >= 11 is 0. The van der Waals surface area contributed by atoms with E-state index in [2.05, 4.69) is 16.1 Å². The molecular formula is C18H33N5O4. The smallest absolute Gasteiger partial charge is 0.258 e. The van der Waals surface area contributed by atoms with Gasteiger partial charge in [0.05, 0.1) is 0 Å². The Labute approximate surface area is 161 Å². The van der Waals surface area contributed by atoms with Gasteiger partial charge in [-0.15, -0.1) is 0 Å². The fourth-order valence-corrected chi connectivity index (χ4v) is 2.84. The van der Waals surface area contributed by atoms with Crippen molar-refractivity contribution in [2.45, 2.75) is 65.1 Å². The maximum absolute atomic E-state index is 12.7. The lowest BCUT2D eigenvalue weighted by atomic mass is 10.0. The fraction of sp³-hybridized carbons (Fsp3) is 0.778. The van der Waals surface area contributed by atoms with Gasteiger partial charge in [-0.3, -0.25) is 24.2 Å². The van der Waals surface area contributed by atoms with Crippen LogP contribution in [-0.4, -0.2) is 72.3 Å². The number of hydrazine groups is 1. The second-order valence-electron chi connectivity index (χ2n) is 7.42. The zero-order valence-electron chi connectivity index (χ0n) is 17.2. The van der Waals surface area contributed by atoms with Crippen LogP contribution in [-0.2, 0) is 19.2 Å². The molecule has 0 radical (unpaired) electrons. The molecule has 1 fully saturated rings. The van der Waals surface area contributed by atoms with Crippen molar-refractivity contribution in [3.05, 3.63) is 0 Å². The summed E-state index contributed by atoms with van der Waals surface area (Å²) in [5.74, 6) is -1.13. The summed E-state index contributed by atoms with van der Waals surface area (Å²) in [6, 6.07) is -1.93. The Bertz CT molecular complexity index is 564. The Hall–Kier alpha value is -2.16. The Balaban J connectivity index is 2.70. The molecule has 0 spiro atoms. The number of carbonyl (C=O) groups excluding carboxylic acids is 4. The molecule has 0 aromatic heterocycles. The average Bonchev–Trinajstić information content (AvgIpc) is 2.63. The topological polar surface area (TPSA) is 111 Å². The molecule has 4 amide bonds. The van der Waals surface area contributed by atoms with E-state index in [4.69, 9.17) is 0 Å². The number of amides is 4. The first-order valence-electron chi connectivity index (χ1n) is 9.46. The predicted octanol–water partition coefficient (Wildman–Crippen LogP) is -0.374. The highest BCUT2D eigenvalue weighted by molar-refractivity contribution is 5.92. The predicted molar refractivity (Wildman–Crippen MR) is 101 cm³/mol. The number of nitrogens with zero attached hydrogens (tertiary/aromatic N) is 2. The number of rotatable bonds is 7. The third-order valence-corrected chi connectivity index (χ3v) is 4.51. The Morgan fingerprint density at radius 1 is 1.15 bits per heavy atom. The maximum Gasteiger partial charge on any atom is 0.258 e. The zero-order valence-corrected chi connectivity index (χ0v) is 17.2. The van der Waals surface area contributed by atoms with Crippen molar-refractivity contribution >= 4 is 23.6 Å². The second-order valence-corrected chi connectivity index (χ2v) is 7.42. The lowest BCUT2D eigenvalue weighted by molar-refractivity contribution is -0.145. The molecule has 1 aliphatic heterocycles. The van der Waals surface area contributed by atoms with Gasteiger partial charge in [-0.2, -0.15) is 0 Å². The molecule has 1 aliphatic rings. The van der Waals surface area contributed by atoms with Gasteiger partial charge in [0.1, 0.15) is 18.1 Å². The molecule has 27 heavy (non-hydrogen) atoms. The van der Waals surface area contributed by atoms with Gasteiger partial charge in [-0.05, 0) is 25.7 Å². The summed E-state index contributed by atoms with van der Waals surface area (Å²) in [6.07, 6.45) is 1.63. The fourth-order valence-electron chi connectivity index (χ4n) is 2.84. The number of nitrogens with one attached hydrogen (secondary N) is 3. The van der Waals surface area contributed by atoms with Crippen molar-refractivity contribution in [3.8, 4) is 0 Å². The third-order valence-electron chi connectivity index (χ3n) is 4.51. The number of hydrogen-bond acceptors (Lipinski definition) is 5. The monoisotopic (exact) mass is 383 g/mol. The van der Waals surface area contributed by atoms with Gasteiger partial charge in [0.2, 0.25) is 17.7 Å². The lowest BCUT2D eigenvalue weighted by Gasteiger charge is -2.36. The first kappa shape index (κ1) is 22.9. The molecule has 0 saturated carbocycles. The largest absolute Gasteiger partial charge is 0.347 e. The molecule has 9 nitrogen and oxygen atoms in total. The summed E-state index contributed by atoms with van der Waals surface area (Å²) in [7, 11) is 3.34. The Morgan fingerprint density at radius 2 is 1.78 bits per heavy atom. The molecule has 0 bridgehead atoms. The van der Waals surface area contributed by atoms with Crippen molar-refractivity contribution in [1.82, 2.24) is 26.0 Å². The molecular weight excluding hydrogens is 350 g/mol. The van der Waals surface area contributed by atoms with E-state index in [1.807, 2.05) is 13.8 Å². The lowest BCUT2D eigenvalue weighted by Crippen LogP contribution is -2.61. The minimum atomic E-state index is -0.780. The van der Waals surface area contributed by atoms with Crippen molar-refractivity contribution in [2.75, 3.05) is 20.6 Å². The first-order chi connectivity index (χ1) is 12.6. The molecule has 1 saturated heterocycles. The summed E-state index contributed by atoms with van der Waals surface area (Å²) in [5.41, 5.74) is 2.95. The van der Waals surface area contributed by atoms with Crippen LogP contribution in [0.25, 0.3) is 0 Å². The first-order valence-corrected chi connectivity index (χ1v) is 9.46. The van der Waals surface area contributed by atoms with Gasteiger partial charge >= 0.3 is 0 Å². The van der Waals surface area contributed by atoms with Gasteiger partial charge in [0, 0.05) is 27.1 Å². The van der Waals surface area contributed by atoms with Crippen LogP contribution >= 0.6 is 0 Å². The summed E-state index contributed by atoms with van der Waals surface area (Å²) in [4.78, 5) is 50.4. The Morgan fingerprint density at radius 3 is 2.30 bits per heavy atom. The highest BCUT2D eigenvalue weighted by Crippen LogP contribution is 2.11. The van der Waals surface area contributed by atoms with Gasteiger partial charge in [-0.1, -0.05) is 20.8 Å². The maximum atomic E-state index is 12.7.